The molecule has 3 aromatic rings. The lowest BCUT2D eigenvalue weighted by molar-refractivity contribution is 0.0539. The molecule has 29 heavy (non-hydrogen) atoms. The molecular weight excluding hydrogens is 370 g/mol. The first-order valence-corrected chi connectivity index (χ1v) is 9.48. The fraction of sp³-hybridized carbons (Fsp3) is 0.429. The van der Waals surface area contributed by atoms with E-state index in [1.165, 1.54) is 10.9 Å². The Morgan fingerprint density at radius 1 is 1.31 bits per heavy atom. The molecule has 0 bridgehead atoms. The Morgan fingerprint density at radius 3 is 2.93 bits per heavy atom. The molecule has 0 saturated carbocycles. The maximum atomic E-state index is 12.9. The molecule has 3 N–H and O–H groups in total. The Kier molecular flexibility index (Phi) is 6.68. The molecule has 8 heteroatoms. The molecule has 0 radical (unpaired) electrons. The van der Waals surface area contributed by atoms with E-state index in [1.54, 1.807) is 24.5 Å². The number of hydrogen-bond acceptors (Lipinski definition) is 7. The maximum Gasteiger partial charge on any atom is 0.279 e. The second-order valence-electron chi connectivity index (χ2n) is 7.17. The van der Waals surface area contributed by atoms with Gasteiger partial charge in [-0.1, -0.05) is 7.43 Å². The van der Waals surface area contributed by atoms with Crippen molar-refractivity contribution < 1.29 is 10.2 Å². The van der Waals surface area contributed by atoms with Crippen LogP contribution in [-0.2, 0) is 6.54 Å². The van der Waals surface area contributed by atoms with Gasteiger partial charge >= 0.3 is 0 Å². The van der Waals surface area contributed by atoms with Crippen molar-refractivity contribution in [2.24, 2.45) is 0 Å². The number of rotatable bonds is 5. The lowest BCUT2D eigenvalue weighted by Crippen LogP contribution is -2.47. The lowest BCUT2D eigenvalue weighted by atomic mass is 9.96. The summed E-state index contributed by atoms with van der Waals surface area (Å²) < 4.78 is 1.38. The summed E-state index contributed by atoms with van der Waals surface area (Å²) >= 11 is 0. The van der Waals surface area contributed by atoms with E-state index in [4.69, 9.17) is 0 Å². The van der Waals surface area contributed by atoms with E-state index in [0.717, 1.165) is 24.9 Å². The molecule has 0 unspecified atom stereocenters. The molecule has 4 heterocycles. The van der Waals surface area contributed by atoms with Crippen LogP contribution in [0.5, 0.6) is 0 Å². The predicted molar refractivity (Wildman–Crippen MR) is 111 cm³/mol. The summed E-state index contributed by atoms with van der Waals surface area (Å²) in [6.45, 7) is 0.929. The highest BCUT2D eigenvalue weighted by molar-refractivity contribution is 5.76. The summed E-state index contributed by atoms with van der Waals surface area (Å²) in [7, 11) is 0. The molecule has 8 nitrogen and oxygen atoms in total. The summed E-state index contributed by atoms with van der Waals surface area (Å²) in [5.41, 5.74) is 1.93. The summed E-state index contributed by atoms with van der Waals surface area (Å²) in [5, 5.41) is 23.7. The van der Waals surface area contributed by atoms with Crippen LogP contribution < -0.4 is 10.9 Å². The fourth-order valence-corrected chi connectivity index (χ4v) is 3.61. The second kappa shape index (κ2) is 9.21. The van der Waals surface area contributed by atoms with Crippen molar-refractivity contribution in [3.8, 4) is 11.3 Å². The minimum atomic E-state index is -0.774. The van der Waals surface area contributed by atoms with Gasteiger partial charge in [-0.05, 0) is 50.1 Å². The Hall–Kier alpha value is -2.68. The molecule has 1 saturated heterocycles. The first-order valence-electron chi connectivity index (χ1n) is 9.48. The van der Waals surface area contributed by atoms with Gasteiger partial charge in [-0.3, -0.25) is 14.3 Å². The van der Waals surface area contributed by atoms with Crippen molar-refractivity contribution >= 4 is 11.0 Å². The van der Waals surface area contributed by atoms with E-state index in [9.17, 15) is 15.0 Å². The first kappa shape index (κ1) is 21.0. The van der Waals surface area contributed by atoms with Crippen LogP contribution in [-0.4, -0.2) is 54.5 Å². The Bertz CT molecular complexity index is 1010. The molecule has 1 aliphatic heterocycles. The minimum Gasteiger partial charge on any atom is -0.392 e. The SMILES string of the molecule is C.O=c1c2nc(-c3cccnc3)ccc2ncn1C[C@@H](O)C[C@H]1NCCC[C@@H]1O. The molecule has 3 aromatic heterocycles. The van der Waals surface area contributed by atoms with E-state index in [-0.39, 0.29) is 31.1 Å². The van der Waals surface area contributed by atoms with Crippen LogP contribution >= 0.6 is 0 Å². The topological polar surface area (TPSA) is 113 Å². The number of pyridine rings is 2. The molecule has 3 atom stereocenters. The Morgan fingerprint density at radius 2 is 2.17 bits per heavy atom. The van der Waals surface area contributed by atoms with E-state index in [0.29, 0.717) is 17.6 Å². The van der Waals surface area contributed by atoms with Gasteiger partial charge in [0.15, 0.2) is 5.52 Å². The smallest absolute Gasteiger partial charge is 0.279 e. The quantitative estimate of drug-likeness (QED) is 0.596. The molecule has 0 aliphatic carbocycles. The Balaban J connectivity index is 0.00000240. The number of aliphatic hydroxyl groups is 2. The fourth-order valence-electron chi connectivity index (χ4n) is 3.61. The van der Waals surface area contributed by atoms with Gasteiger partial charge in [0, 0.05) is 24.0 Å². The highest BCUT2D eigenvalue weighted by atomic mass is 16.3. The predicted octanol–water partition coefficient (Wildman–Crippen LogP) is 1.35. The molecular formula is C21H27N5O3. The summed E-state index contributed by atoms with van der Waals surface area (Å²) in [4.78, 5) is 25.7. The molecule has 1 fully saturated rings. The van der Waals surface area contributed by atoms with Crippen LogP contribution in [0.1, 0.15) is 26.7 Å². The highest BCUT2D eigenvalue weighted by Crippen LogP contribution is 2.18. The minimum absolute atomic E-state index is 0. The van der Waals surface area contributed by atoms with E-state index < -0.39 is 12.2 Å². The van der Waals surface area contributed by atoms with Crippen LogP contribution in [0.15, 0.2) is 47.8 Å². The third-order valence-electron chi connectivity index (χ3n) is 5.11. The second-order valence-corrected chi connectivity index (χ2v) is 7.17. The van der Waals surface area contributed by atoms with Crippen LogP contribution in [0.4, 0.5) is 0 Å². The molecule has 4 rings (SSSR count). The van der Waals surface area contributed by atoms with E-state index in [1.807, 2.05) is 12.1 Å². The van der Waals surface area contributed by atoms with Crippen molar-refractivity contribution in [3.05, 3.63) is 53.3 Å². The van der Waals surface area contributed by atoms with Gasteiger partial charge < -0.3 is 15.5 Å². The number of aromatic nitrogens is 4. The normalized spacial score (nSPS) is 20.2. The van der Waals surface area contributed by atoms with Gasteiger partial charge in [-0.25, -0.2) is 9.97 Å². The largest absolute Gasteiger partial charge is 0.392 e. The van der Waals surface area contributed by atoms with Crippen LogP contribution in [0.3, 0.4) is 0 Å². The first-order chi connectivity index (χ1) is 13.6. The van der Waals surface area contributed by atoms with Crippen molar-refractivity contribution in [1.82, 2.24) is 24.8 Å². The number of aliphatic hydroxyl groups excluding tert-OH is 2. The zero-order chi connectivity index (χ0) is 19.5. The van der Waals surface area contributed by atoms with Crippen molar-refractivity contribution in [2.75, 3.05) is 6.54 Å². The van der Waals surface area contributed by atoms with Crippen LogP contribution in [0.2, 0.25) is 0 Å². The van der Waals surface area contributed by atoms with Gasteiger partial charge in [0.25, 0.3) is 5.56 Å². The molecule has 1 aliphatic rings. The monoisotopic (exact) mass is 397 g/mol. The van der Waals surface area contributed by atoms with E-state index in [2.05, 4.69) is 20.3 Å². The summed E-state index contributed by atoms with van der Waals surface area (Å²) in [6, 6.07) is 7.09. The number of nitrogens with zero attached hydrogens (tertiary/aromatic N) is 4. The van der Waals surface area contributed by atoms with Gasteiger partial charge in [0.05, 0.1) is 36.3 Å². The van der Waals surface area contributed by atoms with E-state index >= 15 is 0 Å². The molecule has 0 amide bonds. The number of nitrogens with one attached hydrogen (secondary N) is 1. The molecule has 0 spiro atoms. The van der Waals surface area contributed by atoms with Crippen molar-refractivity contribution in [3.63, 3.8) is 0 Å². The zero-order valence-electron chi connectivity index (χ0n) is 15.4. The third-order valence-corrected chi connectivity index (χ3v) is 5.11. The third kappa shape index (κ3) is 4.67. The van der Waals surface area contributed by atoms with Crippen molar-refractivity contribution in [1.29, 1.82) is 0 Å². The molecule has 0 aromatic carbocycles. The van der Waals surface area contributed by atoms with Crippen LogP contribution in [0, 0.1) is 0 Å². The van der Waals surface area contributed by atoms with Gasteiger partial charge in [-0.2, -0.15) is 0 Å². The van der Waals surface area contributed by atoms with Gasteiger partial charge in [0.1, 0.15) is 0 Å². The molecule has 154 valence electrons. The summed E-state index contributed by atoms with van der Waals surface area (Å²) in [6.07, 6.45) is 5.57. The summed E-state index contributed by atoms with van der Waals surface area (Å²) in [5.74, 6) is 0. The highest BCUT2D eigenvalue weighted by Gasteiger charge is 2.25. The average molecular weight is 397 g/mol. The van der Waals surface area contributed by atoms with Gasteiger partial charge in [0.2, 0.25) is 0 Å². The Labute approximate surface area is 169 Å². The van der Waals surface area contributed by atoms with Crippen molar-refractivity contribution in [2.45, 2.75) is 51.5 Å². The number of piperidine rings is 1. The number of hydrogen-bond donors (Lipinski definition) is 3. The standard InChI is InChI=1S/C20H23N5O3.CH4/c26-14(9-17-18(27)4-2-8-22-17)11-25-12-23-16-6-5-15(24-19(16)20(25)28)13-3-1-7-21-10-13;/h1,3,5-7,10,12,14,17-18,22,26-27H,2,4,8-9,11H2;1H4/t14-,17+,18-;/m0./s1. The lowest BCUT2D eigenvalue weighted by Gasteiger charge is -2.30. The zero-order valence-corrected chi connectivity index (χ0v) is 15.4. The van der Waals surface area contributed by atoms with Crippen LogP contribution in [0.25, 0.3) is 22.3 Å². The number of fused-ring (bicyclic) bond motifs is 1. The van der Waals surface area contributed by atoms with Gasteiger partial charge in [-0.15, -0.1) is 0 Å². The maximum absolute atomic E-state index is 12.9. The average Bonchev–Trinajstić information content (AvgIpc) is 2.72.